The highest BCUT2D eigenvalue weighted by Gasteiger charge is 2.18. The number of rotatable bonds is 5. The molecule has 0 spiro atoms. The van der Waals surface area contributed by atoms with Gasteiger partial charge in [-0.3, -0.25) is 4.98 Å². The highest BCUT2D eigenvalue weighted by Crippen LogP contribution is 2.30. The fourth-order valence-electron chi connectivity index (χ4n) is 1.37. The van der Waals surface area contributed by atoms with Crippen LogP contribution in [0.15, 0.2) is 24.4 Å². The summed E-state index contributed by atoms with van der Waals surface area (Å²) in [5.41, 5.74) is 7.18. The maximum atomic E-state index is 6.07. The molecule has 3 heteroatoms. The molecule has 0 saturated heterocycles. The molecule has 2 atom stereocenters. The van der Waals surface area contributed by atoms with Crippen molar-refractivity contribution in [3.05, 3.63) is 30.1 Å². The van der Waals surface area contributed by atoms with Crippen molar-refractivity contribution in [2.24, 2.45) is 5.73 Å². The van der Waals surface area contributed by atoms with E-state index in [-0.39, 0.29) is 6.04 Å². The number of hydrogen-bond donors (Lipinski definition) is 1. The van der Waals surface area contributed by atoms with Crippen LogP contribution >= 0.6 is 11.8 Å². The highest BCUT2D eigenvalue weighted by molar-refractivity contribution is 7.99. The van der Waals surface area contributed by atoms with Gasteiger partial charge in [0.2, 0.25) is 0 Å². The van der Waals surface area contributed by atoms with Crippen LogP contribution in [0.4, 0.5) is 0 Å². The van der Waals surface area contributed by atoms with E-state index in [1.165, 1.54) is 0 Å². The standard InChI is InChI=1S/C11H18N2S/c1-3-9(12)11(14-4-2)10-7-5-6-8-13-10/h5-9,11H,3-4,12H2,1-2H3. The first kappa shape index (κ1) is 11.5. The van der Waals surface area contributed by atoms with E-state index in [4.69, 9.17) is 5.73 Å². The van der Waals surface area contributed by atoms with Crippen molar-refractivity contribution in [3.63, 3.8) is 0 Å². The maximum absolute atomic E-state index is 6.07. The van der Waals surface area contributed by atoms with Gasteiger partial charge in [-0.25, -0.2) is 0 Å². The minimum Gasteiger partial charge on any atom is -0.326 e. The number of aromatic nitrogens is 1. The summed E-state index contributed by atoms with van der Waals surface area (Å²) in [5, 5.41) is 0.339. The first-order valence-corrected chi connectivity index (χ1v) is 6.12. The van der Waals surface area contributed by atoms with E-state index in [2.05, 4.69) is 24.9 Å². The van der Waals surface area contributed by atoms with Crippen LogP contribution in [0.3, 0.4) is 0 Å². The Morgan fingerprint density at radius 2 is 2.21 bits per heavy atom. The second kappa shape index (κ2) is 6.04. The van der Waals surface area contributed by atoms with Gasteiger partial charge in [0, 0.05) is 12.2 Å². The van der Waals surface area contributed by atoms with Gasteiger partial charge in [0.25, 0.3) is 0 Å². The molecule has 78 valence electrons. The summed E-state index contributed by atoms with van der Waals surface area (Å²) in [6, 6.07) is 6.22. The molecule has 0 bridgehead atoms. The van der Waals surface area contributed by atoms with Crippen molar-refractivity contribution >= 4 is 11.8 Å². The molecule has 14 heavy (non-hydrogen) atoms. The highest BCUT2D eigenvalue weighted by atomic mass is 32.2. The second-order valence-electron chi connectivity index (χ2n) is 3.20. The minimum absolute atomic E-state index is 0.204. The predicted molar refractivity (Wildman–Crippen MR) is 63.4 cm³/mol. The number of thioether (sulfide) groups is 1. The lowest BCUT2D eigenvalue weighted by molar-refractivity contribution is 0.624. The van der Waals surface area contributed by atoms with Crippen molar-refractivity contribution < 1.29 is 0 Å². The Morgan fingerprint density at radius 1 is 1.43 bits per heavy atom. The van der Waals surface area contributed by atoms with Gasteiger partial charge >= 0.3 is 0 Å². The van der Waals surface area contributed by atoms with Gasteiger partial charge in [0.05, 0.1) is 10.9 Å². The van der Waals surface area contributed by atoms with Crippen molar-refractivity contribution in [2.75, 3.05) is 5.75 Å². The molecule has 2 N–H and O–H groups in total. The number of nitrogens with two attached hydrogens (primary N) is 1. The smallest absolute Gasteiger partial charge is 0.0620 e. The van der Waals surface area contributed by atoms with Crippen LogP contribution in [0.2, 0.25) is 0 Å². The van der Waals surface area contributed by atoms with Crippen LogP contribution in [-0.4, -0.2) is 16.8 Å². The van der Waals surface area contributed by atoms with Crippen LogP contribution < -0.4 is 5.73 Å². The SMILES string of the molecule is CCSC(c1ccccn1)C(N)CC. The zero-order valence-corrected chi connectivity index (χ0v) is 9.63. The van der Waals surface area contributed by atoms with E-state index >= 15 is 0 Å². The first-order valence-electron chi connectivity index (χ1n) is 5.07. The van der Waals surface area contributed by atoms with E-state index in [9.17, 15) is 0 Å². The fourth-order valence-corrected chi connectivity index (χ4v) is 2.48. The molecule has 0 amide bonds. The fraction of sp³-hybridized carbons (Fsp3) is 0.545. The van der Waals surface area contributed by atoms with Gasteiger partial charge in [-0.15, -0.1) is 0 Å². The molecule has 0 aliphatic heterocycles. The van der Waals surface area contributed by atoms with Gasteiger partial charge in [0.15, 0.2) is 0 Å². The third-order valence-corrected chi connectivity index (χ3v) is 3.47. The Balaban J connectivity index is 2.77. The molecular weight excluding hydrogens is 192 g/mol. The summed E-state index contributed by atoms with van der Waals surface area (Å²) >= 11 is 1.87. The first-order chi connectivity index (χ1) is 6.79. The van der Waals surface area contributed by atoms with Crippen molar-refractivity contribution in [3.8, 4) is 0 Å². The molecule has 0 radical (unpaired) electrons. The van der Waals surface area contributed by atoms with Gasteiger partial charge in [-0.05, 0) is 24.3 Å². The Bertz CT molecular complexity index is 251. The molecule has 0 aromatic carbocycles. The lowest BCUT2D eigenvalue weighted by atomic mass is 10.1. The van der Waals surface area contributed by atoms with E-state index < -0.39 is 0 Å². The summed E-state index contributed by atoms with van der Waals surface area (Å²) in [4.78, 5) is 4.37. The van der Waals surface area contributed by atoms with Crippen LogP contribution in [0.1, 0.15) is 31.2 Å². The van der Waals surface area contributed by atoms with Crippen LogP contribution in [0, 0.1) is 0 Å². The Hall–Kier alpha value is -0.540. The molecule has 0 fully saturated rings. The zero-order valence-electron chi connectivity index (χ0n) is 8.81. The Kier molecular flexibility index (Phi) is 4.98. The van der Waals surface area contributed by atoms with Gasteiger partial charge in [-0.1, -0.05) is 19.9 Å². The Labute approximate surface area is 90.3 Å². The molecular formula is C11H18N2S. The monoisotopic (exact) mass is 210 g/mol. The molecule has 0 saturated carbocycles. The number of pyridine rings is 1. The molecule has 1 aromatic heterocycles. The van der Waals surface area contributed by atoms with Crippen LogP contribution in [0.5, 0.6) is 0 Å². The van der Waals surface area contributed by atoms with Crippen LogP contribution in [-0.2, 0) is 0 Å². The van der Waals surface area contributed by atoms with Gasteiger partial charge in [0.1, 0.15) is 0 Å². The van der Waals surface area contributed by atoms with Crippen molar-refractivity contribution in [1.82, 2.24) is 4.98 Å². The molecule has 1 rings (SSSR count). The molecule has 0 aliphatic rings. The minimum atomic E-state index is 0.204. The third kappa shape index (κ3) is 3.00. The molecule has 1 heterocycles. The summed E-state index contributed by atoms with van der Waals surface area (Å²) < 4.78 is 0. The zero-order chi connectivity index (χ0) is 10.4. The largest absolute Gasteiger partial charge is 0.326 e. The summed E-state index contributed by atoms with van der Waals surface area (Å²) in [5.74, 6) is 1.08. The normalized spacial score (nSPS) is 15.1. The molecule has 0 aliphatic carbocycles. The quantitative estimate of drug-likeness (QED) is 0.812. The lowest BCUT2D eigenvalue weighted by Crippen LogP contribution is -2.26. The van der Waals surface area contributed by atoms with Gasteiger partial charge < -0.3 is 5.73 Å². The summed E-state index contributed by atoms with van der Waals surface area (Å²) in [6.07, 6.45) is 2.83. The maximum Gasteiger partial charge on any atom is 0.0620 e. The molecule has 2 nitrogen and oxygen atoms in total. The predicted octanol–water partition coefficient (Wildman–Crippen LogP) is 2.61. The van der Waals surface area contributed by atoms with E-state index in [1.807, 2.05) is 30.1 Å². The lowest BCUT2D eigenvalue weighted by Gasteiger charge is -2.21. The molecule has 2 unspecified atom stereocenters. The Morgan fingerprint density at radius 3 is 2.71 bits per heavy atom. The average Bonchev–Trinajstić information content (AvgIpc) is 2.26. The van der Waals surface area contributed by atoms with E-state index in [0.717, 1.165) is 17.9 Å². The van der Waals surface area contributed by atoms with E-state index in [0.29, 0.717) is 5.25 Å². The second-order valence-corrected chi connectivity index (χ2v) is 4.62. The average molecular weight is 210 g/mol. The van der Waals surface area contributed by atoms with Crippen molar-refractivity contribution in [1.29, 1.82) is 0 Å². The van der Waals surface area contributed by atoms with Crippen LogP contribution in [0.25, 0.3) is 0 Å². The van der Waals surface area contributed by atoms with E-state index in [1.54, 1.807) is 0 Å². The summed E-state index contributed by atoms with van der Waals surface area (Å²) in [7, 11) is 0. The number of hydrogen-bond acceptors (Lipinski definition) is 3. The third-order valence-electron chi connectivity index (χ3n) is 2.19. The number of nitrogens with zero attached hydrogens (tertiary/aromatic N) is 1. The molecule has 1 aromatic rings. The van der Waals surface area contributed by atoms with Gasteiger partial charge in [-0.2, -0.15) is 11.8 Å². The topological polar surface area (TPSA) is 38.9 Å². The summed E-state index contributed by atoms with van der Waals surface area (Å²) in [6.45, 7) is 4.28. The van der Waals surface area contributed by atoms with Crippen molar-refractivity contribution in [2.45, 2.75) is 31.6 Å².